The summed E-state index contributed by atoms with van der Waals surface area (Å²) in [7, 11) is 0. The third kappa shape index (κ3) is 3.80. The number of nitriles is 1. The summed E-state index contributed by atoms with van der Waals surface area (Å²) >= 11 is 1.23. The predicted octanol–water partition coefficient (Wildman–Crippen LogP) is 2.06. The molecular weight excluding hydrogens is 304 g/mol. The summed E-state index contributed by atoms with van der Waals surface area (Å²) < 4.78 is 0. The minimum atomic E-state index is -0.635. The second-order valence-corrected chi connectivity index (χ2v) is 5.32. The van der Waals surface area contributed by atoms with Gasteiger partial charge in [0, 0.05) is 6.07 Å². The maximum absolute atomic E-state index is 12.0. The first-order chi connectivity index (χ1) is 10.5. The Bertz CT molecular complexity index is 756. The topological polar surface area (TPSA) is 119 Å². The zero-order chi connectivity index (χ0) is 16.1. The van der Waals surface area contributed by atoms with Gasteiger partial charge in [0.15, 0.2) is 0 Å². The van der Waals surface area contributed by atoms with Crippen LogP contribution in [0.5, 0.6) is 11.5 Å². The SMILES string of the molecule is CCc1nnc(NC(=O)C(C#N)=Cc2cc(O)cc(O)c2)s1. The third-order valence-electron chi connectivity index (χ3n) is 2.59. The van der Waals surface area contributed by atoms with E-state index in [9.17, 15) is 15.0 Å². The minimum absolute atomic E-state index is 0.166. The average Bonchev–Trinajstić information content (AvgIpc) is 2.91. The van der Waals surface area contributed by atoms with Gasteiger partial charge in [-0.15, -0.1) is 10.2 Å². The first kappa shape index (κ1) is 15.5. The van der Waals surface area contributed by atoms with E-state index < -0.39 is 5.91 Å². The van der Waals surface area contributed by atoms with E-state index in [1.807, 2.05) is 6.92 Å². The van der Waals surface area contributed by atoms with E-state index in [1.54, 1.807) is 6.07 Å². The van der Waals surface area contributed by atoms with Crippen molar-refractivity contribution in [3.05, 3.63) is 34.3 Å². The van der Waals surface area contributed by atoms with Crippen LogP contribution in [0.4, 0.5) is 5.13 Å². The van der Waals surface area contributed by atoms with Crippen LogP contribution in [0.25, 0.3) is 6.08 Å². The van der Waals surface area contributed by atoms with Crippen molar-refractivity contribution in [3.8, 4) is 17.6 Å². The number of aromatic nitrogens is 2. The number of benzene rings is 1. The number of phenolic OH excluding ortho intramolecular Hbond substituents is 2. The molecule has 1 aromatic carbocycles. The summed E-state index contributed by atoms with van der Waals surface area (Å²) in [6, 6.07) is 5.57. The molecule has 0 radical (unpaired) electrons. The third-order valence-corrected chi connectivity index (χ3v) is 3.57. The molecule has 2 rings (SSSR count). The Kier molecular flexibility index (Phi) is 4.70. The summed E-state index contributed by atoms with van der Waals surface area (Å²) in [5, 5.41) is 39.1. The molecular formula is C14H12N4O3S. The monoisotopic (exact) mass is 316 g/mol. The Hall–Kier alpha value is -2.92. The van der Waals surface area contributed by atoms with Gasteiger partial charge in [0.05, 0.1) is 0 Å². The van der Waals surface area contributed by atoms with Crippen molar-refractivity contribution in [2.45, 2.75) is 13.3 Å². The molecule has 112 valence electrons. The van der Waals surface area contributed by atoms with Crippen molar-refractivity contribution in [1.29, 1.82) is 5.26 Å². The number of phenols is 2. The fourth-order valence-electron chi connectivity index (χ4n) is 1.63. The van der Waals surface area contributed by atoms with Crippen molar-refractivity contribution in [2.75, 3.05) is 5.32 Å². The van der Waals surface area contributed by atoms with Gasteiger partial charge >= 0.3 is 0 Å². The lowest BCUT2D eigenvalue weighted by atomic mass is 10.1. The van der Waals surface area contributed by atoms with E-state index in [0.717, 1.165) is 11.1 Å². The van der Waals surface area contributed by atoms with Gasteiger partial charge in [-0.25, -0.2) is 0 Å². The van der Waals surface area contributed by atoms with Crippen LogP contribution in [-0.4, -0.2) is 26.3 Å². The molecule has 1 heterocycles. The molecule has 0 atom stereocenters. The van der Waals surface area contributed by atoms with E-state index in [4.69, 9.17) is 5.26 Å². The van der Waals surface area contributed by atoms with Gasteiger partial charge in [-0.1, -0.05) is 18.3 Å². The van der Waals surface area contributed by atoms with Gasteiger partial charge in [0.1, 0.15) is 28.1 Å². The maximum Gasteiger partial charge on any atom is 0.268 e. The van der Waals surface area contributed by atoms with Gasteiger partial charge in [-0.05, 0) is 30.2 Å². The minimum Gasteiger partial charge on any atom is -0.508 e. The standard InChI is InChI=1S/C14H12N4O3S/c1-2-12-17-18-14(22-12)16-13(21)9(7-15)3-8-4-10(19)6-11(20)5-8/h3-6,19-20H,2H2,1H3,(H,16,18,21). The summed E-state index contributed by atoms with van der Waals surface area (Å²) in [4.78, 5) is 12.0. The van der Waals surface area contributed by atoms with Crippen molar-refractivity contribution in [3.63, 3.8) is 0 Å². The van der Waals surface area contributed by atoms with Crippen LogP contribution in [0, 0.1) is 11.3 Å². The molecule has 2 aromatic rings. The number of aromatic hydroxyl groups is 2. The fourth-order valence-corrected chi connectivity index (χ4v) is 2.30. The maximum atomic E-state index is 12.0. The van der Waals surface area contributed by atoms with E-state index in [1.165, 1.54) is 29.5 Å². The van der Waals surface area contributed by atoms with Crippen LogP contribution in [0.2, 0.25) is 0 Å². The van der Waals surface area contributed by atoms with Crippen molar-refractivity contribution >= 4 is 28.5 Å². The Balaban J connectivity index is 2.21. The van der Waals surface area contributed by atoms with Crippen LogP contribution >= 0.6 is 11.3 Å². The molecule has 0 saturated heterocycles. The highest BCUT2D eigenvalue weighted by atomic mass is 32.1. The lowest BCUT2D eigenvalue weighted by Gasteiger charge is -2.01. The van der Waals surface area contributed by atoms with Crippen LogP contribution in [0.3, 0.4) is 0 Å². The van der Waals surface area contributed by atoms with Crippen molar-refractivity contribution in [2.24, 2.45) is 0 Å². The second-order valence-electron chi connectivity index (χ2n) is 4.26. The summed E-state index contributed by atoms with van der Waals surface area (Å²) in [6.45, 7) is 1.92. The van der Waals surface area contributed by atoms with Crippen molar-refractivity contribution < 1.29 is 15.0 Å². The normalized spacial score (nSPS) is 11.0. The van der Waals surface area contributed by atoms with Gasteiger partial charge in [-0.2, -0.15) is 5.26 Å². The molecule has 7 nitrogen and oxygen atoms in total. The fraction of sp³-hybridized carbons (Fsp3) is 0.143. The first-order valence-corrected chi connectivity index (χ1v) is 7.12. The van der Waals surface area contributed by atoms with E-state index in [0.29, 0.717) is 17.1 Å². The van der Waals surface area contributed by atoms with Gasteiger partial charge < -0.3 is 10.2 Å². The first-order valence-electron chi connectivity index (χ1n) is 6.30. The number of rotatable bonds is 4. The molecule has 0 saturated carbocycles. The number of hydrogen-bond acceptors (Lipinski definition) is 7. The van der Waals surface area contributed by atoms with Crippen LogP contribution < -0.4 is 5.32 Å². The largest absolute Gasteiger partial charge is 0.508 e. The number of amides is 1. The predicted molar refractivity (Wildman–Crippen MR) is 81.3 cm³/mol. The Morgan fingerprint density at radius 3 is 2.59 bits per heavy atom. The van der Waals surface area contributed by atoms with Gasteiger partial charge in [0.25, 0.3) is 5.91 Å². The highest BCUT2D eigenvalue weighted by molar-refractivity contribution is 7.15. The summed E-state index contributed by atoms with van der Waals surface area (Å²) in [5.41, 5.74) is 0.147. The zero-order valence-electron chi connectivity index (χ0n) is 11.6. The smallest absolute Gasteiger partial charge is 0.268 e. The Morgan fingerprint density at radius 2 is 2.05 bits per heavy atom. The number of hydrogen-bond donors (Lipinski definition) is 3. The summed E-state index contributed by atoms with van der Waals surface area (Å²) in [5.74, 6) is -0.967. The van der Waals surface area contributed by atoms with E-state index in [2.05, 4.69) is 15.5 Å². The Morgan fingerprint density at radius 1 is 1.36 bits per heavy atom. The number of nitrogens with one attached hydrogen (secondary N) is 1. The number of carbonyl (C=O) groups is 1. The molecule has 0 fully saturated rings. The molecule has 0 aliphatic heterocycles. The zero-order valence-corrected chi connectivity index (χ0v) is 12.4. The molecule has 3 N–H and O–H groups in total. The second kappa shape index (κ2) is 6.69. The molecule has 22 heavy (non-hydrogen) atoms. The van der Waals surface area contributed by atoms with E-state index in [-0.39, 0.29) is 17.1 Å². The highest BCUT2D eigenvalue weighted by Gasteiger charge is 2.12. The van der Waals surface area contributed by atoms with E-state index >= 15 is 0 Å². The number of aryl methyl sites for hydroxylation is 1. The van der Waals surface area contributed by atoms with Gasteiger partial charge in [-0.3, -0.25) is 10.1 Å². The van der Waals surface area contributed by atoms with Gasteiger partial charge in [0.2, 0.25) is 5.13 Å². The average molecular weight is 316 g/mol. The molecule has 0 bridgehead atoms. The van der Waals surface area contributed by atoms with Crippen LogP contribution in [0.15, 0.2) is 23.8 Å². The molecule has 0 aliphatic rings. The molecule has 1 amide bonds. The molecule has 0 unspecified atom stereocenters. The van der Waals surface area contributed by atoms with Crippen LogP contribution in [0.1, 0.15) is 17.5 Å². The molecule has 8 heteroatoms. The Labute approximate surface area is 130 Å². The summed E-state index contributed by atoms with van der Waals surface area (Å²) in [6.07, 6.45) is 1.97. The molecule has 0 spiro atoms. The molecule has 0 aliphatic carbocycles. The number of carbonyl (C=O) groups excluding carboxylic acids is 1. The molecule has 1 aromatic heterocycles. The quantitative estimate of drug-likeness (QED) is 0.586. The lowest BCUT2D eigenvalue weighted by Crippen LogP contribution is -2.13. The van der Waals surface area contributed by atoms with Crippen molar-refractivity contribution in [1.82, 2.24) is 10.2 Å². The number of nitrogens with zero attached hydrogens (tertiary/aromatic N) is 3. The van der Waals surface area contributed by atoms with Crippen LogP contribution in [-0.2, 0) is 11.2 Å². The lowest BCUT2D eigenvalue weighted by molar-refractivity contribution is -0.112. The number of anilines is 1. The highest BCUT2D eigenvalue weighted by Crippen LogP contribution is 2.22.